The number of morpholine rings is 1. The summed E-state index contributed by atoms with van der Waals surface area (Å²) in [6.07, 6.45) is 1.23. The zero-order valence-corrected chi connectivity index (χ0v) is 10.3. The van der Waals surface area contributed by atoms with Gasteiger partial charge in [0.25, 0.3) is 0 Å². The van der Waals surface area contributed by atoms with Crippen molar-refractivity contribution in [2.75, 3.05) is 59.2 Å². The molecule has 4 heteroatoms. The number of nitrogens with one attached hydrogen (secondary N) is 1. The maximum atomic E-state index is 5.32. The first-order valence-corrected chi connectivity index (χ1v) is 6.37. The van der Waals surface area contributed by atoms with Crippen molar-refractivity contribution in [3.8, 4) is 0 Å². The molecule has 0 aromatic rings. The summed E-state index contributed by atoms with van der Waals surface area (Å²) in [5.74, 6) is 0. The van der Waals surface area contributed by atoms with Crippen LogP contribution in [0.1, 0.15) is 13.3 Å². The third-order valence-corrected chi connectivity index (χ3v) is 3.38. The van der Waals surface area contributed by atoms with Crippen LogP contribution in [0.2, 0.25) is 0 Å². The van der Waals surface area contributed by atoms with Crippen molar-refractivity contribution < 1.29 is 9.47 Å². The van der Waals surface area contributed by atoms with Crippen molar-refractivity contribution in [1.29, 1.82) is 0 Å². The molecule has 0 aromatic heterocycles. The molecule has 1 N–H and O–H groups in total. The van der Waals surface area contributed by atoms with Crippen LogP contribution < -0.4 is 5.32 Å². The fourth-order valence-electron chi connectivity index (χ4n) is 2.20. The van der Waals surface area contributed by atoms with Gasteiger partial charge in [0.15, 0.2) is 0 Å². The Kier molecular flexibility index (Phi) is 4.58. The van der Waals surface area contributed by atoms with E-state index in [1.807, 2.05) is 0 Å². The smallest absolute Gasteiger partial charge is 0.0594 e. The molecule has 0 atom stereocenters. The molecule has 2 rings (SSSR count). The van der Waals surface area contributed by atoms with Gasteiger partial charge in [-0.15, -0.1) is 0 Å². The highest BCUT2D eigenvalue weighted by molar-refractivity contribution is 4.82. The van der Waals surface area contributed by atoms with E-state index in [9.17, 15) is 0 Å². The van der Waals surface area contributed by atoms with E-state index >= 15 is 0 Å². The molecule has 2 aliphatic rings. The highest BCUT2D eigenvalue weighted by Gasteiger charge is 2.32. The SMILES string of the molecule is CC1(CNCCCN2CCOCC2)COC1. The first kappa shape index (κ1) is 12.3. The van der Waals surface area contributed by atoms with Crippen molar-refractivity contribution in [2.24, 2.45) is 5.41 Å². The Bertz CT molecular complexity index is 201. The first-order chi connectivity index (χ1) is 7.79. The van der Waals surface area contributed by atoms with Gasteiger partial charge in [0.2, 0.25) is 0 Å². The van der Waals surface area contributed by atoms with Gasteiger partial charge in [-0.05, 0) is 19.5 Å². The molecule has 2 saturated heterocycles. The van der Waals surface area contributed by atoms with E-state index in [4.69, 9.17) is 9.47 Å². The van der Waals surface area contributed by atoms with Crippen molar-refractivity contribution in [2.45, 2.75) is 13.3 Å². The third-order valence-electron chi connectivity index (χ3n) is 3.38. The molecule has 2 heterocycles. The maximum Gasteiger partial charge on any atom is 0.0594 e. The van der Waals surface area contributed by atoms with Gasteiger partial charge in [-0.3, -0.25) is 4.90 Å². The Morgan fingerprint density at radius 1 is 1.19 bits per heavy atom. The van der Waals surface area contributed by atoms with Gasteiger partial charge >= 0.3 is 0 Å². The molecule has 94 valence electrons. The van der Waals surface area contributed by atoms with Crippen molar-refractivity contribution in [1.82, 2.24) is 10.2 Å². The van der Waals surface area contributed by atoms with Gasteiger partial charge in [-0.25, -0.2) is 0 Å². The van der Waals surface area contributed by atoms with Crippen LogP contribution in [0, 0.1) is 5.41 Å². The third kappa shape index (κ3) is 3.70. The number of ether oxygens (including phenoxy) is 2. The van der Waals surface area contributed by atoms with Crippen LogP contribution in [-0.4, -0.2) is 64.1 Å². The van der Waals surface area contributed by atoms with E-state index in [0.29, 0.717) is 5.41 Å². The Morgan fingerprint density at radius 3 is 2.56 bits per heavy atom. The second kappa shape index (κ2) is 5.96. The molecule has 0 spiro atoms. The predicted molar refractivity (Wildman–Crippen MR) is 63.7 cm³/mol. The molecule has 2 fully saturated rings. The lowest BCUT2D eigenvalue weighted by Crippen LogP contribution is -2.47. The van der Waals surface area contributed by atoms with E-state index in [2.05, 4.69) is 17.1 Å². The van der Waals surface area contributed by atoms with E-state index in [1.54, 1.807) is 0 Å². The Hall–Kier alpha value is -0.160. The molecule has 0 aromatic carbocycles. The molecule has 2 aliphatic heterocycles. The molecule has 0 unspecified atom stereocenters. The van der Waals surface area contributed by atoms with Crippen molar-refractivity contribution in [3.05, 3.63) is 0 Å². The summed E-state index contributed by atoms with van der Waals surface area (Å²) < 4.78 is 10.6. The molecule has 0 radical (unpaired) electrons. The molecule has 0 saturated carbocycles. The summed E-state index contributed by atoms with van der Waals surface area (Å²) in [4.78, 5) is 2.49. The summed E-state index contributed by atoms with van der Waals surface area (Å²) in [6.45, 7) is 11.5. The molecular weight excluding hydrogens is 204 g/mol. The van der Waals surface area contributed by atoms with Gasteiger partial charge in [-0.1, -0.05) is 6.92 Å². The van der Waals surface area contributed by atoms with E-state index < -0.39 is 0 Å². The van der Waals surface area contributed by atoms with Crippen molar-refractivity contribution in [3.63, 3.8) is 0 Å². The minimum absolute atomic E-state index is 0.402. The van der Waals surface area contributed by atoms with Gasteiger partial charge < -0.3 is 14.8 Å². The summed E-state index contributed by atoms with van der Waals surface area (Å²) >= 11 is 0. The first-order valence-electron chi connectivity index (χ1n) is 6.37. The molecule has 0 bridgehead atoms. The minimum atomic E-state index is 0.402. The topological polar surface area (TPSA) is 33.7 Å². The quantitative estimate of drug-likeness (QED) is 0.665. The summed E-state index contributed by atoms with van der Waals surface area (Å²) in [6, 6.07) is 0. The van der Waals surface area contributed by atoms with E-state index in [1.165, 1.54) is 13.0 Å². The highest BCUT2D eigenvalue weighted by Crippen LogP contribution is 2.24. The van der Waals surface area contributed by atoms with E-state index in [-0.39, 0.29) is 0 Å². The molecular formula is C12H24N2O2. The zero-order valence-electron chi connectivity index (χ0n) is 10.3. The summed E-state index contributed by atoms with van der Waals surface area (Å²) in [7, 11) is 0. The van der Waals surface area contributed by atoms with Crippen LogP contribution in [0.4, 0.5) is 0 Å². The van der Waals surface area contributed by atoms with E-state index in [0.717, 1.165) is 52.6 Å². The summed E-state index contributed by atoms with van der Waals surface area (Å²) in [5.41, 5.74) is 0.402. The predicted octanol–water partition coefficient (Wildman–Crippen LogP) is 0.335. The average Bonchev–Trinajstić information content (AvgIpc) is 2.28. The number of rotatable bonds is 6. The van der Waals surface area contributed by atoms with Gasteiger partial charge in [0, 0.05) is 25.0 Å². The number of hydrogen-bond acceptors (Lipinski definition) is 4. The van der Waals surface area contributed by atoms with Gasteiger partial charge in [0.1, 0.15) is 0 Å². The number of nitrogens with zero attached hydrogens (tertiary/aromatic N) is 1. The standard InChI is InChI=1S/C12H24N2O2/c1-12(10-16-11-12)9-13-3-2-4-14-5-7-15-8-6-14/h13H,2-11H2,1H3. The second-order valence-electron chi connectivity index (χ2n) is 5.29. The van der Waals surface area contributed by atoms with Crippen LogP contribution in [0.3, 0.4) is 0 Å². The van der Waals surface area contributed by atoms with Crippen LogP contribution in [0.25, 0.3) is 0 Å². The fourth-order valence-corrected chi connectivity index (χ4v) is 2.20. The Labute approximate surface area is 98.3 Å². The molecule has 16 heavy (non-hydrogen) atoms. The molecule has 4 nitrogen and oxygen atoms in total. The van der Waals surface area contributed by atoms with Gasteiger partial charge in [0.05, 0.1) is 26.4 Å². The fraction of sp³-hybridized carbons (Fsp3) is 1.00. The van der Waals surface area contributed by atoms with Crippen LogP contribution >= 0.6 is 0 Å². The average molecular weight is 228 g/mol. The lowest BCUT2D eigenvalue weighted by molar-refractivity contribution is -0.0989. The molecule has 0 aliphatic carbocycles. The lowest BCUT2D eigenvalue weighted by atomic mass is 9.89. The highest BCUT2D eigenvalue weighted by atomic mass is 16.5. The van der Waals surface area contributed by atoms with Crippen LogP contribution in [-0.2, 0) is 9.47 Å². The monoisotopic (exact) mass is 228 g/mol. The van der Waals surface area contributed by atoms with Crippen LogP contribution in [0.15, 0.2) is 0 Å². The normalized spacial score (nSPS) is 25.3. The summed E-state index contributed by atoms with van der Waals surface area (Å²) in [5, 5.41) is 3.53. The number of hydrogen-bond donors (Lipinski definition) is 1. The van der Waals surface area contributed by atoms with Crippen LogP contribution in [0.5, 0.6) is 0 Å². The van der Waals surface area contributed by atoms with Crippen molar-refractivity contribution >= 4 is 0 Å². The lowest BCUT2D eigenvalue weighted by Gasteiger charge is -2.38. The largest absolute Gasteiger partial charge is 0.380 e. The van der Waals surface area contributed by atoms with Gasteiger partial charge in [-0.2, -0.15) is 0 Å². The minimum Gasteiger partial charge on any atom is -0.380 e. The maximum absolute atomic E-state index is 5.32. The Morgan fingerprint density at radius 2 is 1.94 bits per heavy atom. The second-order valence-corrected chi connectivity index (χ2v) is 5.29. The zero-order chi connectivity index (χ0) is 11.3. The Balaban J connectivity index is 1.45. The molecule has 0 amide bonds.